The summed E-state index contributed by atoms with van der Waals surface area (Å²) in [6, 6.07) is 21.4. The first-order chi connectivity index (χ1) is 15.2. The molecule has 2 aliphatic rings. The lowest BCUT2D eigenvalue weighted by molar-refractivity contribution is -0.189. The summed E-state index contributed by atoms with van der Waals surface area (Å²) in [5, 5.41) is 2.44. The molecule has 0 unspecified atom stereocenters. The summed E-state index contributed by atoms with van der Waals surface area (Å²) in [5.74, 6) is -0.617. The van der Waals surface area contributed by atoms with Gasteiger partial charge in [-0.05, 0) is 35.7 Å². The van der Waals surface area contributed by atoms with Crippen molar-refractivity contribution in [2.75, 3.05) is 6.61 Å². The number of rotatable bonds is 7. The molecule has 4 nitrogen and oxygen atoms in total. The van der Waals surface area contributed by atoms with Crippen molar-refractivity contribution in [3.63, 3.8) is 0 Å². The van der Waals surface area contributed by atoms with Crippen LogP contribution in [-0.2, 0) is 18.6 Å². The molecule has 0 bridgehead atoms. The van der Waals surface area contributed by atoms with Gasteiger partial charge in [-0.25, -0.2) is 0 Å². The molecule has 4 atom stereocenters. The first kappa shape index (κ1) is 23.4. The summed E-state index contributed by atoms with van der Waals surface area (Å²) < 4.78 is 26.0. The standard InChI is InChI=1S/C27H36O4Si/c1-7-14-22-24-25(31-27(5,6)30-24)23(29-22)19-28-32(26(2,3)4,20-15-10-8-11-16-20)21-17-12-9-13-18-21/h7-13,15-18,22-25H,1,14,19H2,2-6H3/t22-,23+,24-,25+/m0/s1. The minimum absolute atomic E-state index is 0.0629. The quantitative estimate of drug-likeness (QED) is 0.460. The van der Waals surface area contributed by atoms with Crippen LogP contribution in [0.25, 0.3) is 0 Å². The van der Waals surface area contributed by atoms with Gasteiger partial charge in [0.2, 0.25) is 0 Å². The van der Waals surface area contributed by atoms with E-state index in [0.717, 1.165) is 6.42 Å². The Morgan fingerprint density at radius 2 is 1.41 bits per heavy atom. The molecule has 0 aromatic heterocycles. The van der Waals surface area contributed by atoms with E-state index >= 15 is 0 Å². The maximum Gasteiger partial charge on any atom is 0.261 e. The minimum atomic E-state index is -2.63. The third-order valence-corrected chi connectivity index (χ3v) is 11.5. The van der Waals surface area contributed by atoms with E-state index in [0.29, 0.717) is 6.61 Å². The van der Waals surface area contributed by atoms with Crippen LogP contribution < -0.4 is 10.4 Å². The van der Waals surface area contributed by atoms with Crippen molar-refractivity contribution in [1.29, 1.82) is 0 Å². The van der Waals surface area contributed by atoms with Crippen LogP contribution in [-0.4, -0.2) is 45.1 Å². The SMILES string of the molecule is C=CC[C@@H]1O[C@H](CO[Si](c2ccccc2)(c2ccccc2)C(C)(C)C)[C@H]2OC(C)(C)O[C@H]21. The van der Waals surface area contributed by atoms with E-state index < -0.39 is 14.1 Å². The van der Waals surface area contributed by atoms with E-state index in [2.05, 4.69) is 88.0 Å². The molecule has 32 heavy (non-hydrogen) atoms. The second-order valence-electron chi connectivity index (χ2n) is 10.3. The Bertz CT molecular complexity index is 867. The summed E-state index contributed by atoms with van der Waals surface area (Å²) >= 11 is 0. The van der Waals surface area contributed by atoms with Crippen LogP contribution in [0.3, 0.4) is 0 Å². The van der Waals surface area contributed by atoms with E-state index in [4.69, 9.17) is 18.6 Å². The molecular weight excluding hydrogens is 416 g/mol. The average Bonchev–Trinajstić information content (AvgIpc) is 3.23. The van der Waals surface area contributed by atoms with Crippen molar-refractivity contribution in [2.24, 2.45) is 0 Å². The highest BCUT2D eigenvalue weighted by atomic mass is 28.4. The number of hydrogen-bond donors (Lipinski definition) is 0. The summed E-state index contributed by atoms with van der Waals surface area (Å²) in [7, 11) is -2.63. The van der Waals surface area contributed by atoms with Gasteiger partial charge in [-0.2, -0.15) is 0 Å². The molecule has 5 heteroatoms. The summed E-state index contributed by atoms with van der Waals surface area (Å²) in [4.78, 5) is 0. The van der Waals surface area contributed by atoms with Crippen molar-refractivity contribution in [3.05, 3.63) is 73.3 Å². The smallest absolute Gasteiger partial charge is 0.261 e. The van der Waals surface area contributed by atoms with Crippen molar-refractivity contribution in [1.82, 2.24) is 0 Å². The summed E-state index contributed by atoms with van der Waals surface area (Å²) in [6.07, 6.45) is 2.13. The summed E-state index contributed by atoms with van der Waals surface area (Å²) in [6.45, 7) is 15.2. The van der Waals surface area contributed by atoms with Crippen LogP contribution in [0.1, 0.15) is 41.0 Å². The van der Waals surface area contributed by atoms with Crippen LogP contribution in [0.2, 0.25) is 5.04 Å². The third-order valence-electron chi connectivity index (χ3n) is 6.53. The van der Waals surface area contributed by atoms with Gasteiger partial charge in [0.25, 0.3) is 8.32 Å². The average molecular weight is 453 g/mol. The molecular formula is C27H36O4Si. The van der Waals surface area contributed by atoms with Crippen LogP contribution in [0.5, 0.6) is 0 Å². The summed E-state index contributed by atoms with van der Waals surface area (Å²) in [5.41, 5.74) is 0. The molecule has 172 valence electrons. The lowest BCUT2D eigenvalue weighted by Gasteiger charge is -2.43. The third kappa shape index (κ3) is 4.25. The Morgan fingerprint density at radius 1 is 0.906 bits per heavy atom. The van der Waals surface area contributed by atoms with Gasteiger partial charge in [0, 0.05) is 0 Å². The van der Waals surface area contributed by atoms with E-state index in [1.165, 1.54) is 10.4 Å². The maximum absolute atomic E-state index is 7.11. The molecule has 0 N–H and O–H groups in total. The lowest BCUT2D eigenvalue weighted by atomic mass is 10.1. The highest BCUT2D eigenvalue weighted by molar-refractivity contribution is 6.99. The molecule has 0 aliphatic carbocycles. The van der Waals surface area contributed by atoms with E-state index in [9.17, 15) is 0 Å². The van der Waals surface area contributed by atoms with E-state index in [-0.39, 0.29) is 29.5 Å². The molecule has 2 aromatic carbocycles. The molecule has 4 rings (SSSR count). The van der Waals surface area contributed by atoms with Crippen molar-refractivity contribution >= 4 is 18.7 Å². The van der Waals surface area contributed by atoms with Gasteiger partial charge < -0.3 is 18.6 Å². The highest BCUT2D eigenvalue weighted by Crippen LogP contribution is 2.42. The van der Waals surface area contributed by atoms with Gasteiger partial charge >= 0.3 is 0 Å². The Kier molecular flexibility index (Phi) is 6.49. The fraction of sp³-hybridized carbons (Fsp3) is 0.481. The molecule has 2 saturated heterocycles. The Morgan fingerprint density at radius 3 is 1.88 bits per heavy atom. The Hall–Kier alpha value is -1.76. The first-order valence-electron chi connectivity index (χ1n) is 11.5. The predicted octanol–water partition coefficient (Wildman–Crippen LogP) is 4.43. The maximum atomic E-state index is 7.11. The van der Waals surface area contributed by atoms with Gasteiger partial charge in [0.05, 0.1) is 12.7 Å². The van der Waals surface area contributed by atoms with E-state index in [1.807, 2.05) is 19.9 Å². The number of benzene rings is 2. The van der Waals surface area contributed by atoms with Gasteiger partial charge in [-0.15, -0.1) is 6.58 Å². The largest absolute Gasteiger partial charge is 0.405 e. The van der Waals surface area contributed by atoms with Crippen molar-refractivity contribution < 1.29 is 18.6 Å². The fourth-order valence-electron chi connectivity index (χ4n) is 5.23. The zero-order valence-electron chi connectivity index (χ0n) is 19.9. The van der Waals surface area contributed by atoms with Crippen molar-refractivity contribution in [3.8, 4) is 0 Å². The molecule has 2 heterocycles. The van der Waals surface area contributed by atoms with Gasteiger partial charge in [0.15, 0.2) is 5.79 Å². The van der Waals surface area contributed by atoms with Crippen LogP contribution in [0.4, 0.5) is 0 Å². The van der Waals surface area contributed by atoms with E-state index in [1.54, 1.807) is 0 Å². The Labute approximate surface area is 193 Å². The number of ether oxygens (including phenoxy) is 3. The molecule has 0 spiro atoms. The zero-order valence-corrected chi connectivity index (χ0v) is 20.9. The molecule has 2 aliphatic heterocycles. The van der Waals surface area contributed by atoms with Gasteiger partial charge in [-0.3, -0.25) is 0 Å². The highest BCUT2D eigenvalue weighted by Gasteiger charge is 2.56. The first-order valence-corrected chi connectivity index (χ1v) is 13.5. The van der Waals surface area contributed by atoms with Crippen molar-refractivity contribution in [2.45, 2.75) is 76.3 Å². The lowest BCUT2D eigenvalue weighted by Crippen LogP contribution is -2.67. The molecule has 0 amide bonds. The van der Waals surface area contributed by atoms with Gasteiger partial charge in [-0.1, -0.05) is 87.5 Å². The minimum Gasteiger partial charge on any atom is -0.405 e. The Balaban J connectivity index is 1.69. The topological polar surface area (TPSA) is 36.9 Å². The normalized spacial score (nSPS) is 27.3. The fourth-order valence-corrected chi connectivity index (χ4v) is 9.80. The molecule has 0 radical (unpaired) electrons. The van der Waals surface area contributed by atoms with Crippen LogP contribution in [0.15, 0.2) is 73.3 Å². The molecule has 2 fully saturated rings. The molecule has 2 aromatic rings. The zero-order chi connectivity index (χ0) is 23.0. The number of fused-ring (bicyclic) bond motifs is 1. The van der Waals surface area contributed by atoms with Crippen LogP contribution >= 0.6 is 0 Å². The second kappa shape index (κ2) is 8.88. The molecule has 0 saturated carbocycles. The monoisotopic (exact) mass is 452 g/mol. The number of hydrogen-bond acceptors (Lipinski definition) is 4. The second-order valence-corrected chi connectivity index (χ2v) is 14.6. The van der Waals surface area contributed by atoms with Crippen LogP contribution in [0, 0.1) is 0 Å². The predicted molar refractivity (Wildman–Crippen MR) is 131 cm³/mol. The van der Waals surface area contributed by atoms with Gasteiger partial charge in [0.1, 0.15) is 18.3 Å².